The van der Waals surface area contributed by atoms with Crippen molar-refractivity contribution in [1.29, 1.82) is 0 Å². The molecule has 6 nitrogen and oxygen atoms in total. The van der Waals surface area contributed by atoms with Crippen LogP contribution in [0.5, 0.6) is 11.5 Å². The Morgan fingerprint density at radius 1 is 0.643 bits per heavy atom. The Hall–Kier alpha value is -3.54. The molecule has 1 aliphatic carbocycles. The molecule has 0 spiro atoms. The van der Waals surface area contributed by atoms with Crippen molar-refractivity contribution in [2.75, 3.05) is 13.2 Å². The molecule has 0 amide bonds. The largest absolute Gasteiger partial charge is 0.494 e. The minimum absolute atomic E-state index is 0.507. The predicted molar refractivity (Wildman–Crippen MR) is 114 cm³/mol. The lowest BCUT2D eigenvalue weighted by Crippen LogP contribution is -2.22. The van der Waals surface area contributed by atoms with Gasteiger partial charge in [-0.2, -0.15) is 0 Å². The molecule has 0 fully saturated rings. The third-order valence-corrected chi connectivity index (χ3v) is 3.97. The molecule has 0 unspecified atom stereocenters. The van der Waals surface area contributed by atoms with E-state index in [1.165, 1.54) is 0 Å². The molecule has 28 heavy (non-hydrogen) atoms. The predicted octanol–water partition coefficient (Wildman–Crippen LogP) is 4.03. The summed E-state index contributed by atoms with van der Waals surface area (Å²) in [6.07, 6.45) is 3.47. The lowest BCUT2D eigenvalue weighted by Gasteiger charge is -2.13. The maximum Gasteiger partial charge on any atom is 0.119 e. The van der Waals surface area contributed by atoms with Crippen molar-refractivity contribution in [3.63, 3.8) is 0 Å². The zero-order valence-electron chi connectivity index (χ0n) is 16.1. The summed E-state index contributed by atoms with van der Waals surface area (Å²) in [5.41, 5.74) is 16.1. The van der Waals surface area contributed by atoms with Gasteiger partial charge in [-0.25, -0.2) is 9.98 Å². The van der Waals surface area contributed by atoms with E-state index in [-0.39, 0.29) is 0 Å². The third-order valence-electron chi connectivity index (χ3n) is 3.97. The highest BCUT2D eigenvalue weighted by molar-refractivity contribution is 6.23. The van der Waals surface area contributed by atoms with Crippen LogP contribution in [-0.4, -0.2) is 24.6 Å². The summed E-state index contributed by atoms with van der Waals surface area (Å²) in [5.74, 6) is 1.61. The molecule has 0 aliphatic heterocycles. The van der Waals surface area contributed by atoms with Gasteiger partial charge in [-0.1, -0.05) is 0 Å². The van der Waals surface area contributed by atoms with Crippen LogP contribution in [0, 0.1) is 0 Å². The van der Waals surface area contributed by atoms with Crippen LogP contribution in [-0.2, 0) is 0 Å². The fraction of sp³-hybridized carbons (Fsp3) is 0.182. The van der Waals surface area contributed by atoms with Gasteiger partial charge in [0.15, 0.2) is 0 Å². The Balaban J connectivity index is 1.80. The van der Waals surface area contributed by atoms with Crippen LogP contribution >= 0.6 is 0 Å². The number of hydrogen-bond acceptors (Lipinski definition) is 6. The van der Waals surface area contributed by atoms with Gasteiger partial charge in [-0.05, 0) is 74.5 Å². The second kappa shape index (κ2) is 8.90. The van der Waals surface area contributed by atoms with E-state index in [0.29, 0.717) is 36.0 Å². The fourth-order valence-corrected chi connectivity index (χ4v) is 2.65. The molecule has 0 saturated heterocycles. The Bertz CT molecular complexity index is 860. The average Bonchev–Trinajstić information content (AvgIpc) is 2.69. The van der Waals surface area contributed by atoms with Crippen molar-refractivity contribution >= 4 is 22.8 Å². The molecule has 0 aromatic heterocycles. The van der Waals surface area contributed by atoms with Gasteiger partial charge in [0, 0.05) is 0 Å². The Morgan fingerprint density at radius 2 is 1.00 bits per heavy atom. The standard InChI is InChI=1S/C22H24N4O2/c1-3-27-17-9-5-15(6-10-17)25-21-13-20(24)22(14-19(21)23)26-16-7-11-18(12-8-16)28-4-2/h5-14H,3-4,23-24H2,1-2H3. The molecule has 2 aromatic carbocycles. The lowest BCUT2D eigenvalue weighted by molar-refractivity contribution is 0.340. The number of allylic oxidation sites excluding steroid dienone is 2. The molecule has 0 heterocycles. The van der Waals surface area contributed by atoms with Gasteiger partial charge in [0.05, 0.1) is 47.4 Å². The highest BCUT2D eigenvalue weighted by Crippen LogP contribution is 2.22. The first-order chi connectivity index (χ1) is 13.6. The van der Waals surface area contributed by atoms with Gasteiger partial charge in [0.1, 0.15) is 11.5 Å². The molecule has 1 aliphatic rings. The summed E-state index contributed by atoms with van der Waals surface area (Å²) in [5, 5.41) is 0. The molecule has 3 rings (SSSR count). The Labute approximate surface area is 164 Å². The van der Waals surface area contributed by atoms with Gasteiger partial charge in [0.2, 0.25) is 0 Å². The molecule has 2 aromatic rings. The monoisotopic (exact) mass is 376 g/mol. The van der Waals surface area contributed by atoms with Crippen LogP contribution in [0.1, 0.15) is 13.8 Å². The zero-order chi connectivity index (χ0) is 19.9. The molecule has 144 valence electrons. The average molecular weight is 376 g/mol. The van der Waals surface area contributed by atoms with Gasteiger partial charge in [0.25, 0.3) is 0 Å². The molecular formula is C22H24N4O2. The topological polar surface area (TPSA) is 95.2 Å². The minimum Gasteiger partial charge on any atom is -0.494 e. The SMILES string of the molecule is CCOc1ccc(N=C2C=C(N)C(=Nc3ccc(OCC)cc3)C=C2N)cc1. The Kier molecular flexibility index (Phi) is 6.11. The second-order valence-electron chi connectivity index (χ2n) is 6.05. The summed E-state index contributed by atoms with van der Waals surface area (Å²) in [7, 11) is 0. The van der Waals surface area contributed by atoms with Crippen LogP contribution < -0.4 is 20.9 Å². The number of nitrogens with zero attached hydrogens (tertiary/aromatic N) is 2. The normalized spacial score (nSPS) is 16.6. The molecule has 4 N–H and O–H groups in total. The Morgan fingerprint density at radius 3 is 1.32 bits per heavy atom. The number of aliphatic imine (C=N–C) groups is 2. The van der Waals surface area contributed by atoms with Gasteiger partial charge >= 0.3 is 0 Å². The van der Waals surface area contributed by atoms with Crippen LogP contribution in [0.15, 0.2) is 82.1 Å². The van der Waals surface area contributed by atoms with Crippen molar-refractivity contribution < 1.29 is 9.47 Å². The van der Waals surface area contributed by atoms with E-state index in [0.717, 1.165) is 22.9 Å². The quantitative estimate of drug-likeness (QED) is 0.744. The van der Waals surface area contributed by atoms with Gasteiger partial charge in [-0.3, -0.25) is 0 Å². The molecule has 0 atom stereocenters. The number of nitrogens with two attached hydrogens (primary N) is 2. The maximum absolute atomic E-state index is 6.18. The molecule has 0 radical (unpaired) electrons. The summed E-state index contributed by atoms with van der Waals surface area (Å²) in [4.78, 5) is 9.13. The first kappa shape index (κ1) is 19.2. The first-order valence-electron chi connectivity index (χ1n) is 9.17. The smallest absolute Gasteiger partial charge is 0.119 e. The van der Waals surface area contributed by atoms with Crippen molar-refractivity contribution in [3.05, 3.63) is 72.1 Å². The van der Waals surface area contributed by atoms with Crippen LogP contribution in [0.25, 0.3) is 0 Å². The van der Waals surface area contributed by atoms with E-state index in [4.69, 9.17) is 20.9 Å². The van der Waals surface area contributed by atoms with Crippen molar-refractivity contribution in [1.82, 2.24) is 0 Å². The first-order valence-corrected chi connectivity index (χ1v) is 9.17. The highest BCUT2D eigenvalue weighted by Gasteiger charge is 2.13. The van der Waals surface area contributed by atoms with Crippen LogP contribution in [0.4, 0.5) is 11.4 Å². The van der Waals surface area contributed by atoms with E-state index in [2.05, 4.69) is 9.98 Å². The summed E-state index contributed by atoms with van der Waals surface area (Å²) >= 11 is 0. The summed E-state index contributed by atoms with van der Waals surface area (Å²) < 4.78 is 10.9. The molecule has 0 saturated carbocycles. The van der Waals surface area contributed by atoms with Crippen molar-refractivity contribution in [3.8, 4) is 11.5 Å². The van der Waals surface area contributed by atoms with Gasteiger partial charge in [-0.15, -0.1) is 0 Å². The van der Waals surface area contributed by atoms with E-state index >= 15 is 0 Å². The van der Waals surface area contributed by atoms with Crippen molar-refractivity contribution in [2.45, 2.75) is 13.8 Å². The van der Waals surface area contributed by atoms with Crippen molar-refractivity contribution in [2.24, 2.45) is 21.5 Å². The highest BCUT2D eigenvalue weighted by atomic mass is 16.5. The lowest BCUT2D eigenvalue weighted by atomic mass is 10.1. The van der Waals surface area contributed by atoms with Crippen LogP contribution in [0.2, 0.25) is 0 Å². The maximum atomic E-state index is 6.18. The number of ether oxygens (including phenoxy) is 2. The number of hydrogen-bond donors (Lipinski definition) is 2. The number of benzene rings is 2. The summed E-state index contributed by atoms with van der Waals surface area (Å²) in [6.45, 7) is 5.14. The number of rotatable bonds is 6. The molecular weight excluding hydrogens is 352 g/mol. The third kappa shape index (κ3) is 4.79. The van der Waals surface area contributed by atoms with E-state index in [9.17, 15) is 0 Å². The van der Waals surface area contributed by atoms with E-state index in [1.807, 2.05) is 62.4 Å². The summed E-state index contributed by atoms with van der Waals surface area (Å²) in [6, 6.07) is 15.0. The zero-order valence-corrected chi connectivity index (χ0v) is 16.1. The van der Waals surface area contributed by atoms with E-state index < -0.39 is 0 Å². The fourth-order valence-electron chi connectivity index (χ4n) is 2.65. The molecule has 0 bridgehead atoms. The van der Waals surface area contributed by atoms with Gasteiger partial charge < -0.3 is 20.9 Å². The second-order valence-corrected chi connectivity index (χ2v) is 6.05. The minimum atomic E-state index is 0.507. The molecule has 6 heteroatoms. The van der Waals surface area contributed by atoms with Crippen LogP contribution in [0.3, 0.4) is 0 Å². The van der Waals surface area contributed by atoms with E-state index in [1.54, 1.807) is 12.2 Å².